The number of carbonyl (C=O) groups is 1. The number of hydrogen-bond acceptors (Lipinski definition) is 4. The van der Waals surface area contributed by atoms with Gasteiger partial charge < -0.3 is 4.90 Å². The first kappa shape index (κ1) is 24.5. The molecule has 38 heavy (non-hydrogen) atoms. The minimum Gasteiger partial charge on any atom is -0.343 e. The molecule has 196 valence electrons. The summed E-state index contributed by atoms with van der Waals surface area (Å²) in [7, 11) is 0. The van der Waals surface area contributed by atoms with Gasteiger partial charge in [0.05, 0.1) is 5.52 Å². The predicted octanol–water partition coefficient (Wildman–Crippen LogP) is 4.86. The van der Waals surface area contributed by atoms with Crippen molar-refractivity contribution in [3.8, 4) is 0 Å². The number of nitrogens with zero attached hydrogens (tertiary/aromatic N) is 4. The lowest BCUT2D eigenvalue weighted by atomic mass is 9.89. The molecule has 0 bridgehead atoms. The number of H-pyrrole nitrogens is 1. The van der Waals surface area contributed by atoms with E-state index in [-0.39, 0.29) is 29.5 Å². The van der Waals surface area contributed by atoms with Crippen molar-refractivity contribution in [2.75, 3.05) is 13.1 Å². The van der Waals surface area contributed by atoms with Crippen LogP contribution in [0.5, 0.6) is 0 Å². The topological polar surface area (TPSA) is 83.9 Å². The number of carbonyl (C=O) groups excluding carboxylic acids is 1. The number of pyridine rings is 2. The van der Waals surface area contributed by atoms with Gasteiger partial charge in [-0.25, -0.2) is 18.6 Å². The molecule has 1 aliphatic heterocycles. The van der Waals surface area contributed by atoms with Crippen molar-refractivity contribution in [2.24, 2.45) is 0 Å². The number of likely N-dealkylation sites (tertiary alicyclic amines) is 1. The van der Waals surface area contributed by atoms with E-state index in [1.54, 1.807) is 29.1 Å². The number of amides is 1. The van der Waals surface area contributed by atoms with Crippen LogP contribution in [-0.2, 0) is 11.2 Å². The number of imidazole rings is 1. The van der Waals surface area contributed by atoms with Gasteiger partial charge in [0.2, 0.25) is 5.91 Å². The van der Waals surface area contributed by atoms with E-state index in [0.29, 0.717) is 62.8 Å². The highest BCUT2D eigenvalue weighted by Gasteiger charge is 2.32. The lowest BCUT2D eigenvalue weighted by Crippen LogP contribution is -2.41. The van der Waals surface area contributed by atoms with E-state index in [2.05, 4.69) is 15.0 Å². The van der Waals surface area contributed by atoms with Gasteiger partial charge in [-0.2, -0.15) is 0 Å². The maximum atomic E-state index is 14.6. The van der Waals surface area contributed by atoms with Gasteiger partial charge in [0.15, 0.2) is 17.3 Å². The molecule has 0 spiro atoms. The Labute approximate surface area is 218 Å². The predicted molar refractivity (Wildman–Crippen MR) is 139 cm³/mol. The molecule has 1 fully saturated rings. The third-order valence-electron chi connectivity index (χ3n) is 8.16. The van der Waals surface area contributed by atoms with E-state index in [9.17, 15) is 18.4 Å². The first-order chi connectivity index (χ1) is 18.5. The van der Waals surface area contributed by atoms with Crippen molar-refractivity contribution in [3.63, 3.8) is 0 Å². The summed E-state index contributed by atoms with van der Waals surface area (Å²) in [5.74, 6) is -1.81. The molecule has 6 rings (SSSR count). The van der Waals surface area contributed by atoms with Crippen molar-refractivity contribution in [1.82, 2.24) is 24.4 Å². The molecule has 1 aromatic carbocycles. The van der Waals surface area contributed by atoms with Crippen molar-refractivity contribution in [2.45, 2.75) is 56.4 Å². The van der Waals surface area contributed by atoms with Crippen LogP contribution < -0.4 is 5.69 Å². The number of fused-ring (bicyclic) bond motifs is 2. The van der Waals surface area contributed by atoms with Crippen molar-refractivity contribution >= 4 is 17.1 Å². The Morgan fingerprint density at radius 2 is 1.76 bits per heavy atom. The van der Waals surface area contributed by atoms with Crippen LogP contribution in [-0.4, -0.2) is 43.4 Å². The lowest BCUT2D eigenvalue weighted by Gasteiger charge is -2.33. The molecule has 3 aromatic heterocycles. The molecular formula is C29H29F2N5O2. The summed E-state index contributed by atoms with van der Waals surface area (Å²) in [6.45, 7) is 1.14. The first-order valence-electron chi connectivity index (χ1n) is 13.2. The number of rotatable bonds is 4. The highest BCUT2D eigenvalue weighted by atomic mass is 19.2. The van der Waals surface area contributed by atoms with Gasteiger partial charge in [0, 0.05) is 49.6 Å². The van der Waals surface area contributed by atoms with Crippen LogP contribution in [0.4, 0.5) is 8.78 Å². The van der Waals surface area contributed by atoms with E-state index < -0.39 is 11.6 Å². The van der Waals surface area contributed by atoms with Crippen molar-refractivity contribution in [1.29, 1.82) is 0 Å². The van der Waals surface area contributed by atoms with E-state index in [1.165, 1.54) is 0 Å². The molecule has 1 N–H and O–H groups in total. The summed E-state index contributed by atoms with van der Waals surface area (Å²) in [5, 5.41) is 0. The Hall–Kier alpha value is -3.88. The number of aromatic nitrogens is 4. The maximum absolute atomic E-state index is 14.6. The van der Waals surface area contributed by atoms with Gasteiger partial charge in [-0.05, 0) is 73.4 Å². The third-order valence-corrected chi connectivity index (χ3v) is 8.16. The minimum absolute atomic E-state index is 0.00620. The van der Waals surface area contributed by atoms with Gasteiger partial charge in [-0.1, -0.05) is 18.2 Å². The van der Waals surface area contributed by atoms with Crippen LogP contribution >= 0.6 is 0 Å². The fourth-order valence-corrected chi connectivity index (χ4v) is 6.23. The molecule has 1 saturated heterocycles. The molecule has 4 aromatic rings. The van der Waals surface area contributed by atoms with Crippen molar-refractivity contribution in [3.05, 3.63) is 93.8 Å². The molecule has 1 amide bonds. The Morgan fingerprint density at radius 1 is 0.974 bits per heavy atom. The van der Waals surface area contributed by atoms with Crippen LogP contribution in [0.15, 0.2) is 59.7 Å². The summed E-state index contributed by atoms with van der Waals surface area (Å²) >= 11 is 0. The fraction of sp³-hybridized carbons (Fsp3) is 0.379. The minimum atomic E-state index is -0.834. The van der Waals surface area contributed by atoms with Gasteiger partial charge in [0.1, 0.15) is 0 Å². The van der Waals surface area contributed by atoms with E-state index in [0.717, 1.165) is 22.8 Å². The number of benzene rings is 1. The lowest BCUT2D eigenvalue weighted by molar-refractivity contribution is -0.133. The maximum Gasteiger partial charge on any atom is 0.327 e. The number of hydrogen-bond donors (Lipinski definition) is 1. The van der Waals surface area contributed by atoms with Gasteiger partial charge in [-0.15, -0.1) is 0 Å². The number of nitrogens with one attached hydrogen (secondary N) is 1. The van der Waals surface area contributed by atoms with Crippen LogP contribution in [0, 0.1) is 11.6 Å². The van der Waals surface area contributed by atoms with Crippen molar-refractivity contribution < 1.29 is 13.6 Å². The fourth-order valence-electron chi connectivity index (χ4n) is 6.23. The summed E-state index contributed by atoms with van der Waals surface area (Å²) < 4.78 is 30.3. The van der Waals surface area contributed by atoms with Crippen LogP contribution in [0.2, 0.25) is 0 Å². The normalized spacial score (nSPS) is 20.3. The smallest absolute Gasteiger partial charge is 0.327 e. The zero-order valence-corrected chi connectivity index (χ0v) is 20.9. The number of piperidine rings is 1. The second kappa shape index (κ2) is 10.1. The Balaban J connectivity index is 1.15. The quantitative estimate of drug-likeness (QED) is 0.392. The molecule has 4 heterocycles. The van der Waals surface area contributed by atoms with E-state index >= 15 is 0 Å². The average Bonchev–Trinajstić information content (AvgIpc) is 3.16. The first-order valence-corrected chi connectivity index (χ1v) is 13.2. The molecule has 9 heteroatoms. The van der Waals surface area contributed by atoms with Gasteiger partial charge >= 0.3 is 5.69 Å². The Bertz CT molecular complexity index is 1540. The standard InChI is InChI=1S/C29H29F2N5O2/c30-23-6-1-5-22(26(23)31)18-8-9-20(27-19(16-18)4-2-12-32-27)17-25(37)35-14-10-21(11-15-35)36-24-7-3-13-33-28(24)34-29(36)38/h1-7,12-13,18,20-21H,8-11,14-17H2,(H,33,34,38). The summed E-state index contributed by atoms with van der Waals surface area (Å²) in [6, 6.07) is 11.9. The summed E-state index contributed by atoms with van der Waals surface area (Å²) in [4.78, 5) is 39.5. The molecule has 2 aliphatic rings. The Kier molecular flexibility index (Phi) is 6.51. The molecule has 1 aliphatic carbocycles. The molecule has 0 radical (unpaired) electrons. The largest absolute Gasteiger partial charge is 0.343 e. The van der Waals surface area contributed by atoms with E-state index in [4.69, 9.17) is 0 Å². The van der Waals surface area contributed by atoms with E-state index in [1.807, 2.05) is 29.2 Å². The van der Waals surface area contributed by atoms with Crippen LogP contribution in [0.3, 0.4) is 0 Å². The molecule has 2 unspecified atom stereocenters. The monoisotopic (exact) mass is 517 g/mol. The average molecular weight is 518 g/mol. The SMILES string of the molecule is O=C(CC1CCC(c2cccc(F)c2F)Cc2cccnc21)N1CCC(n2c(=O)[nH]c3ncccc32)CC1. The van der Waals surface area contributed by atoms with Crippen LogP contribution in [0.1, 0.15) is 66.8 Å². The third kappa shape index (κ3) is 4.50. The van der Waals surface area contributed by atoms with Crippen LogP contribution in [0.25, 0.3) is 11.2 Å². The zero-order chi connectivity index (χ0) is 26.2. The highest BCUT2D eigenvalue weighted by Crippen LogP contribution is 2.39. The molecule has 0 saturated carbocycles. The molecular weight excluding hydrogens is 488 g/mol. The Morgan fingerprint density at radius 3 is 2.61 bits per heavy atom. The summed E-state index contributed by atoms with van der Waals surface area (Å²) in [5.41, 5.74) is 3.44. The molecule has 7 nitrogen and oxygen atoms in total. The summed E-state index contributed by atoms with van der Waals surface area (Å²) in [6.07, 6.45) is 6.97. The second-order valence-electron chi connectivity index (χ2n) is 10.4. The number of aromatic amines is 1. The zero-order valence-electron chi connectivity index (χ0n) is 20.9. The molecule has 2 atom stereocenters. The second-order valence-corrected chi connectivity index (χ2v) is 10.4. The number of halogens is 2. The van der Waals surface area contributed by atoms with Gasteiger partial charge in [0.25, 0.3) is 0 Å². The van der Waals surface area contributed by atoms with Gasteiger partial charge in [-0.3, -0.25) is 19.3 Å². The highest BCUT2D eigenvalue weighted by molar-refractivity contribution is 5.77.